The predicted octanol–water partition coefficient (Wildman–Crippen LogP) is 3.91. The Bertz CT molecular complexity index is 1610. The summed E-state index contributed by atoms with van der Waals surface area (Å²) in [6.07, 6.45) is 2.86. The van der Waals surface area contributed by atoms with E-state index >= 15 is 0 Å². The van der Waals surface area contributed by atoms with Gasteiger partial charge in [0.25, 0.3) is 5.91 Å². The quantitative estimate of drug-likeness (QED) is 0.209. The van der Waals surface area contributed by atoms with E-state index in [1.807, 2.05) is 66.7 Å². The number of ether oxygens (including phenoxy) is 2. The summed E-state index contributed by atoms with van der Waals surface area (Å²) < 4.78 is 12.1. The van der Waals surface area contributed by atoms with Crippen LogP contribution in [0, 0.1) is 5.41 Å². The molecule has 13 heteroatoms. The lowest BCUT2D eigenvalue weighted by atomic mass is 9.85. The van der Waals surface area contributed by atoms with Crippen molar-refractivity contribution in [1.29, 1.82) is 0 Å². The number of fused-ring (bicyclic) bond motifs is 1. The highest BCUT2D eigenvalue weighted by Gasteiger charge is 2.47. The molecule has 0 radical (unpaired) electrons. The minimum absolute atomic E-state index is 0.0486. The van der Waals surface area contributed by atoms with Gasteiger partial charge in [-0.2, -0.15) is 0 Å². The largest absolute Gasteiger partial charge is 0.497 e. The standard InChI is InChI=1S/C38H56N6O7/c1-9-10-27(30(45)33(47)39-23-13-14-23)40-32(46)29-19-25(20-44(29)35(48)31(37(2,3)4)42-36(49)43-38(5,6)7)51-34-26-16-15-24(50-8)17-22(26)18-28(41-34)21-11-12-21/h15-18,21,23,25,27,29-31,45H,9-14,19-20H2,1-8H3,(H,39,47)(H,40,46)(H2,42,43,49)/t25-,27?,29?,30?,31?/m1/s1. The van der Waals surface area contributed by atoms with Gasteiger partial charge in [-0.15, -0.1) is 0 Å². The van der Waals surface area contributed by atoms with Gasteiger partial charge in [-0.05, 0) is 87.9 Å². The molecule has 1 saturated heterocycles. The molecule has 3 fully saturated rings. The van der Waals surface area contributed by atoms with Crippen LogP contribution in [0.15, 0.2) is 24.3 Å². The third-order valence-corrected chi connectivity index (χ3v) is 9.52. The number of amides is 5. The van der Waals surface area contributed by atoms with E-state index in [9.17, 15) is 24.3 Å². The van der Waals surface area contributed by atoms with Crippen LogP contribution in [0.25, 0.3) is 10.8 Å². The maximum Gasteiger partial charge on any atom is 0.315 e. The van der Waals surface area contributed by atoms with E-state index in [1.54, 1.807) is 7.11 Å². The molecule has 4 unspecified atom stereocenters. The van der Waals surface area contributed by atoms with Crippen molar-refractivity contribution in [2.24, 2.45) is 5.41 Å². The van der Waals surface area contributed by atoms with E-state index in [4.69, 9.17) is 14.5 Å². The second-order valence-electron chi connectivity index (χ2n) is 16.5. The summed E-state index contributed by atoms with van der Waals surface area (Å²) in [5.74, 6) is 0.00506. The Morgan fingerprint density at radius 1 is 1.02 bits per heavy atom. The number of hydrogen-bond acceptors (Lipinski definition) is 8. The predicted molar refractivity (Wildman–Crippen MR) is 193 cm³/mol. The number of carbonyl (C=O) groups is 4. The number of methoxy groups -OCH3 is 1. The third kappa shape index (κ3) is 9.81. The number of pyridine rings is 1. The van der Waals surface area contributed by atoms with Gasteiger partial charge in [0.1, 0.15) is 23.9 Å². The van der Waals surface area contributed by atoms with Crippen molar-refractivity contribution in [1.82, 2.24) is 31.2 Å². The van der Waals surface area contributed by atoms with Gasteiger partial charge in [0.2, 0.25) is 17.7 Å². The number of nitrogens with zero attached hydrogens (tertiary/aromatic N) is 2. The Balaban J connectivity index is 1.44. The molecule has 2 aliphatic carbocycles. The number of urea groups is 1. The second-order valence-corrected chi connectivity index (χ2v) is 16.5. The normalized spacial score (nSPS) is 21.0. The maximum atomic E-state index is 14.5. The molecule has 5 rings (SSSR count). The number of benzene rings is 1. The SMILES string of the molecule is CCCC(NC(=O)C1C[C@@H](Oc2nc(C3CC3)cc3cc(OC)ccc23)CN1C(=O)C(NC(=O)NC(C)(C)C)C(C)(C)C)C(O)C(=O)NC1CC1. The Kier molecular flexibility index (Phi) is 11.4. The van der Waals surface area contributed by atoms with Gasteiger partial charge in [0, 0.05) is 35.0 Å². The Morgan fingerprint density at radius 2 is 1.73 bits per heavy atom. The summed E-state index contributed by atoms with van der Waals surface area (Å²) >= 11 is 0. The zero-order valence-corrected chi connectivity index (χ0v) is 31.3. The summed E-state index contributed by atoms with van der Waals surface area (Å²) in [6, 6.07) is 4.44. The topological polar surface area (TPSA) is 171 Å². The van der Waals surface area contributed by atoms with Crippen LogP contribution in [0.2, 0.25) is 0 Å². The minimum atomic E-state index is -1.45. The van der Waals surface area contributed by atoms with E-state index in [0.717, 1.165) is 42.1 Å². The lowest BCUT2D eigenvalue weighted by molar-refractivity contribution is -0.143. The Morgan fingerprint density at radius 3 is 2.31 bits per heavy atom. The van der Waals surface area contributed by atoms with Crippen LogP contribution in [0.4, 0.5) is 4.79 Å². The van der Waals surface area contributed by atoms with Gasteiger partial charge in [0.05, 0.1) is 19.7 Å². The zero-order valence-electron chi connectivity index (χ0n) is 31.3. The molecular formula is C38H56N6O7. The number of hydrogen-bond donors (Lipinski definition) is 5. The van der Waals surface area contributed by atoms with Gasteiger partial charge in [0.15, 0.2) is 6.10 Å². The van der Waals surface area contributed by atoms with Crippen LogP contribution < -0.4 is 30.7 Å². The van der Waals surface area contributed by atoms with Crippen molar-refractivity contribution in [3.05, 3.63) is 30.0 Å². The minimum Gasteiger partial charge on any atom is -0.497 e. The number of nitrogens with one attached hydrogen (secondary N) is 4. The van der Waals surface area contributed by atoms with Crippen LogP contribution in [0.5, 0.6) is 11.6 Å². The number of carbonyl (C=O) groups excluding carboxylic acids is 4. The molecule has 5 amide bonds. The van der Waals surface area contributed by atoms with E-state index < -0.39 is 65.0 Å². The molecule has 5 N–H and O–H groups in total. The molecule has 51 heavy (non-hydrogen) atoms. The molecule has 5 atom stereocenters. The van der Waals surface area contributed by atoms with Crippen molar-refractivity contribution in [2.75, 3.05) is 13.7 Å². The monoisotopic (exact) mass is 708 g/mol. The van der Waals surface area contributed by atoms with Crippen LogP contribution >= 0.6 is 0 Å². The van der Waals surface area contributed by atoms with Crippen molar-refractivity contribution in [3.63, 3.8) is 0 Å². The zero-order chi connectivity index (χ0) is 37.2. The number of aliphatic hydroxyl groups excluding tert-OH is 1. The summed E-state index contributed by atoms with van der Waals surface area (Å²) in [4.78, 5) is 61.0. The van der Waals surface area contributed by atoms with E-state index in [1.165, 1.54) is 4.90 Å². The fraction of sp³-hybridized carbons (Fsp3) is 0.658. The van der Waals surface area contributed by atoms with Crippen LogP contribution in [0.1, 0.15) is 105 Å². The number of rotatable bonds is 13. The third-order valence-electron chi connectivity index (χ3n) is 9.52. The summed E-state index contributed by atoms with van der Waals surface area (Å²) in [5, 5.41) is 24.1. The van der Waals surface area contributed by atoms with Crippen LogP contribution in [-0.4, -0.2) is 94.3 Å². The van der Waals surface area contributed by atoms with Gasteiger partial charge in [-0.25, -0.2) is 9.78 Å². The molecule has 2 saturated carbocycles. The highest BCUT2D eigenvalue weighted by molar-refractivity contribution is 5.94. The van der Waals surface area contributed by atoms with Crippen molar-refractivity contribution in [2.45, 2.75) is 141 Å². The summed E-state index contributed by atoms with van der Waals surface area (Å²) in [5.41, 5.74) is -0.335. The molecule has 2 aromatic rings. The summed E-state index contributed by atoms with van der Waals surface area (Å²) in [7, 11) is 1.62. The van der Waals surface area contributed by atoms with Crippen molar-refractivity contribution >= 4 is 34.5 Å². The van der Waals surface area contributed by atoms with Crippen molar-refractivity contribution in [3.8, 4) is 11.6 Å². The van der Waals surface area contributed by atoms with Crippen LogP contribution in [-0.2, 0) is 14.4 Å². The van der Waals surface area contributed by atoms with E-state index in [2.05, 4.69) is 27.3 Å². The highest BCUT2D eigenvalue weighted by atomic mass is 16.5. The Hall–Kier alpha value is -4.13. The molecular weight excluding hydrogens is 652 g/mol. The average Bonchev–Trinajstić information content (AvgIpc) is 3.99. The number of aromatic nitrogens is 1. The Labute approximate surface area is 301 Å². The molecule has 0 spiro atoms. The lowest BCUT2D eigenvalue weighted by Crippen LogP contribution is -2.61. The maximum absolute atomic E-state index is 14.5. The lowest BCUT2D eigenvalue weighted by Gasteiger charge is -2.36. The van der Waals surface area contributed by atoms with Crippen molar-refractivity contribution < 1.29 is 33.8 Å². The molecule has 1 aromatic heterocycles. The fourth-order valence-corrected chi connectivity index (χ4v) is 6.48. The molecule has 2 heterocycles. The van der Waals surface area contributed by atoms with Gasteiger partial charge >= 0.3 is 6.03 Å². The number of aliphatic hydroxyl groups is 1. The van der Waals surface area contributed by atoms with Crippen LogP contribution in [0.3, 0.4) is 0 Å². The molecule has 280 valence electrons. The van der Waals surface area contributed by atoms with E-state index in [0.29, 0.717) is 30.4 Å². The fourth-order valence-electron chi connectivity index (χ4n) is 6.48. The summed E-state index contributed by atoms with van der Waals surface area (Å²) in [6.45, 7) is 13.1. The molecule has 1 aliphatic heterocycles. The number of likely N-dealkylation sites (tertiary alicyclic amines) is 1. The van der Waals surface area contributed by atoms with Gasteiger partial charge < -0.3 is 40.7 Å². The second kappa shape index (κ2) is 15.2. The molecule has 0 bridgehead atoms. The first-order valence-electron chi connectivity index (χ1n) is 18.3. The van der Waals surface area contributed by atoms with Gasteiger partial charge in [-0.1, -0.05) is 34.1 Å². The van der Waals surface area contributed by atoms with E-state index in [-0.39, 0.29) is 19.0 Å². The molecule has 3 aliphatic rings. The van der Waals surface area contributed by atoms with Gasteiger partial charge in [-0.3, -0.25) is 14.4 Å². The molecule has 13 nitrogen and oxygen atoms in total. The smallest absolute Gasteiger partial charge is 0.315 e. The first-order valence-corrected chi connectivity index (χ1v) is 18.3. The average molecular weight is 709 g/mol. The molecule has 1 aromatic carbocycles. The first-order chi connectivity index (χ1) is 24.0. The first kappa shape index (κ1) is 38.1. The highest BCUT2D eigenvalue weighted by Crippen LogP contribution is 2.42.